The minimum Gasteiger partial charge on any atom is -0.472 e. The van der Waals surface area contributed by atoms with Crippen LogP contribution in [0.2, 0.25) is 0 Å². The van der Waals surface area contributed by atoms with Crippen LogP contribution in [0.4, 0.5) is 4.39 Å². The standard InChI is InChI=1S/C18H16FNO2S/c19-16-5-3-14(4-6-16)10-18(21)20(11-15-7-8-22-13-15)12-17-2-1-9-23-17/h1-9,13H,10-12H2. The monoisotopic (exact) mass is 329 g/mol. The maximum atomic E-state index is 13.0. The molecule has 0 unspecified atom stereocenters. The van der Waals surface area contributed by atoms with E-state index < -0.39 is 0 Å². The molecule has 2 heterocycles. The summed E-state index contributed by atoms with van der Waals surface area (Å²) in [6, 6.07) is 11.9. The number of carbonyl (C=O) groups is 1. The van der Waals surface area contributed by atoms with Gasteiger partial charge in [0.15, 0.2) is 0 Å². The van der Waals surface area contributed by atoms with Gasteiger partial charge >= 0.3 is 0 Å². The molecule has 0 atom stereocenters. The van der Waals surface area contributed by atoms with Crippen molar-refractivity contribution < 1.29 is 13.6 Å². The second-order valence-corrected chi connectivity index (χ2v) is 6.30. The second-order valence-electron chi connectivity index (χ2n) is 5.26. The van der Waals surface area contributed by atoms with Gasteiger partial charge in [-0.25, -0.2) is 4.39 Å². The van der Waals surface area contributed by atoms with Crippen LogP contribution in [-0.4, -0.2) is 10.8 Å². The zero-order chi connectivity index (χ0) is 16.1. The van der Waals surface area contributed by atoms with E-state index in [1.54, 1.807) is 40.9 Å². The molecule has 5 heteroatoms. The van der Waals surface area contributed by atoms with Crippen molar-refractivity contribution in [1.29, 1.82) is 0 Å². The molecular weight excluding hydrogens is 313 g/mol. The summed E-state index contributed by atoms with van der Waals surface area (Å²) in [5.41, 5.74) is 1.76. The molecule has 0 spiro atoms. The lowest BCUT2D eigenvalue weighted by molar-refractivity contribution is -0.131. The Kier molecular flexibility index (Phi) is 4.88. The van der Waals surface area contributed by atoms with Crippen molar-refractivity contribution in [3.8, 4) is 0 Å². The number of amides is 1. The Balaban J connectivity index is 1.73. The van der Waals surface area contributed by atoms with E-state index in [0.29, 0.717) is 13.1 Å². The Bertz CT molecular complexity index is 700. The summed E-state index contributed by atoms with van der Waals surface area (Å²) >= 11 is 1.62. The summed E-state index contributed by atoms with van der Waals surface area (Å²) in [7, 11) is 0. The molecule has 0 aliphatic heterocycles. The van der Waals surface area contributed by atoms with Crippen molar-refractivity contribution in [3.63, 3.8) is 0 Å². The third kappa shape index (κ3) is 4.29. The third-order valence-corrected chi connectivity index (χ3v) is 4.36. The number of halogens is 1. The highest BCUT2D eigenvalue weighted by Gasteiger charge is 2.16. The van der Waals surface area contributed by atoms with Gasteiger partial charge in [0.25, 0.3) is 0 Å². The molecule has 0 N–H and O–H groups in total. The van der Waals surface area contributed by atoms with E-state index in [1.165, 1.54) is 12.1 Å². The zero-order valence-electron chi connectivity index (χ0n) is 12.4. The summed E-state index contributed by atoms with van der Waals surface area (Å²) < 4.78 is 18.1. The first-order chi connectivity index (χ1) is 11.2. The molecule has 1 amide bonds. The van der Waals surface area contributed by atoms with Crippen LogP contribution in [0.5, 0.6) is 0 Å². The van der Waals surface area contributed by atoms with E-state index >= 15 is 0 Å². The lowest BCUT2D eigenvalue weighted by Gasteiger charge is -2.21. The van der Waals surface area contributed by atoms with Gasteiger partial charge in [0, 0.05) is 17.0 Å². The number of hydrogen-bond acceptors (Lipinski definition) is 3. The van der Waals surface area contributed by atoms with Crippen molar-refractivity contribution in [1.82, 2.24) is 4.90 Å². The fourth-order valence-electron chi connectivity index (χ4n) is 2.31. The molecule has 3 aromatic rings. The number of carbonyl (C=O) groups excluding carboxylic acids is 1. The molecule has 2 aromatic heterocycles. The Hall–Kier alpha value is -2.40. The Morgan fingerprint density at radius 2 is 1.91 bits per heavy atom. The SMILES string of the molecule is O=C(Cc1ccc(F)cc1)N(Cc1ccoc1)Cc1cccs1. The maximum Gasteiger partial charge on any atom is 0.227 e. The molecule has 0 saturated carbocycles. The molecule has 0 saturated heterocycles. The largest absolute Gasteiger partial charge is 0.472 e. The van der Waals surface area contributed by atoms with E-state index in [-0.39, 0.29) is 18.1 Å². The summed E-state index contributed by atoms with van der Waals surface area (Å²) in [6.07, 6.45) is 3.50. The predicted octanol–water partition coefficient (Wildman–Crippen LogP) is 4.25. The zero-order valence-corrected chi connectivity index (χ0v) is 13.3. The Labute approximate surface area is 138 Å². The lowest BCUT2D eigenvalue weighted by Crippen LogP contribution is -2.31. The molecule has 0 radical (unpaired) electrons. The Morgan fingerprint density at radius 1 is 1.09 bits per heavy atom. The average Bonchev–Trinajstić information content (AvgIpc) is 3.22. The number of furan rings is 1. The highest BCUT2D eigenvalue weighted by molar-refractivity contribution is 7.09. The van der Waals surface area contributed by atoms with Gasteiger partial charge in [-0.3, -0.25) is 4.79 Å². The molecule has 118 valence electrons. The van der Waals surface area contributed by atoms with E-state index in [9.17, 15) is 9.18 Å². The minimum absolute atomic E-state index is 0.00575. The van der Waals surface area contributed by atoms with Gasteiger partial charge in [0.2, 0.25) is 5.91 Å². The normalized spacial score (nSPS) is 10.7. The first-order valence-corrected chi connectivity index (χ1v) is 8.14. The average molecular weight is 329 g/mol. The van der Waals surface area contributed by atoms with Gasteiger partial charge in [-0.1, -0.05) is 18.2 Å². The number of nitrogens with zero attached hydrogens (tertiary/aromatic N) is 1. The van der Waals surface area contributed by atoms with Crippen molar-refractivity contribution in [2.75, 3.05) is 0 Å². The smallest absolute Gasteiger partial charge is 0.227 e. The topological polar surface area (TPSA) is 33.5 Å². The van der Waals surface area contributed by atoms with Crippen LogP contribution < -0.4 is 0 Å². The fourth-order valence-corrected chi connectivity index (χ4v) is 3.03. The van der Waals surface area contributed by atoms with Crippen molar-refractivity contribution >= 4 is 17.2 Å². The van der Waals surface area contributed by atoms with Crippen molar-refractivity contribution in [2.24, 2.45) is 0 Å². The van der Waals surface area contributed by atoms with Crippen LogP contribution in [0.3, 0.4) is 0 Å². The van der Waals surface area contributed by atoms with Crippen LogP contribution in [0.15, 0.2) is 64.8 Å². The van der Waals surface area contributed by atoms with Crippen LogP contribution >= 0.6 is 11.3 Å². The number of hydrogen-bond donors (Lipinski definition) is 0. The molecule has 23 heavy (non-hydrogen) atoms. The lowest BCUT2D eigenvalue weighted by atomic mass is 10.1. The quantitative estimate of drug-likeness (QED) is 0.677. The van der Waals surface area contributed by atoms with Crippen molar-refractivity contribution in [2.45, 2.75) is 19.5 Å². The molecule has 3 rings (SSSR count). The molecule has 0 fully saturated rings. The molecule has 1 aromatic carbocycles. The third-order valence-electron chi connectivity index (χ3n) is 3.50. The van der Waals surface area contributed by atoms with Gasteiger partial charge in [-0.2, -0.15) is 0 Å². The number of thiophene rings is 1. The van der Waals surface area contributed by atoms with E-state index in [2.05, 4.69) is 0 Å². The van der Waals surface area contributed by atoms with Crippen LogP contribution in [0, 0.1) is 5.82 Å². The molecule has 0 aliphatic carbocycles. The number of rotatable bonds is 6. The van der Waals surface area contributed by atoms with Gasteiger partial charge in [0.05, 0.1) is 25.5 Å². The summed E-state index contributed by atoms with van der Waals surface area (Å²) in [5, 5.41) is 2.00. The van der Waals surface area contributed by atoms with Crippen molar-refractivity contribution in [3.05, 3.63) is 82.2 Å². The minimum atomic E-state index is -0.296. The molecular formula is C18H16FNO2S. The van der Waals surface area contributed by atoms with Crippen LogP contribution in [0.25, 0.3) is 0 Å². The van der Waals surface area contributed by atoms with Gasteiger partial charge in [-0.05, 0) is 35.2 Å². The highest BCUT2D eigenvalue weighted by Crippen LogP contribution is 2.16. The van der Waals surface area contributed by atoms with Crippen LogP contribution in [0.1, 0.15) is 16.0 Å². The fraction of sp³-hybridized carbons (Fsp3) is 0.167. The van der Waals surface area contributed by atoms with E-state index in [1.807, 2.05) is 23.6 Å². The second kappa shape index (κ2) is 7.24. The van der Waals surface area contributed by atoms with E-state index in [0.717, 1.165) is 16.0 Å². The van der Waals surface area contributed by atoms with Gasteiger partial charge in [0.1, 0.15) is 5.82 Å². The van der Waals surface area contributed by atoms with Gasteiger partial charge in [-0.15, -0.1) is 11.3 Å². The summed E-state index contributed by atoms with van der Waals surface area (Å²) in [4.78, 5) is 15.6. The molecule has 3 nitrogen and oxygen atoms in total. The summed E-state index contributed by atoms with van der Waals surface area (Å²) in [5.74, 6) is -0.291. The van der Waals surface area contributed by atoms with Gasteiger partial charge < -0.3 is 9.32 Å². The first-order valence-electron chi connectivity index (χ1n) is 7.26. The van der Waals surface area contributed by atoms with E-state index in [4.69, 9.17) is 4.42 Å². The predicted molar refractivity (Wildman–Crippen MR) is 87.4 cm³/mol. The maximum absolute atomic E-state index is 13.0. The molecule has 0 bridgehead atoms. The number of benzene rings is 1. The summed E-state index contributed by atoms with van der Waals surface area (Å²) in [6.45, 7) is 1.05. The highest BCUT2D eigenvalue weighted by atomic mass is 32.1. The molecule has 0 aliphatic rings. The Morgan fingerprint density at radius 3 is 2.57 bits per heavy atom. The first kappa shape index (κ1) is 15.5. The van der Waals surface area contributed by atoms with Crippen LogP contribution in [-0.2, 0) is 24.3 Å².